The van der Waals surface area contributed by atoms with E-state index in [0.29, 0.717) is 22.1 Å². The van der Waals surface area contributed by atoms with E-state index in [9.17, 15) is 4.79 Å². The molecule has 8 heteroatoms. The average molecular weight is 425 g/mol. The Kier molecular flexibility index (Phi) is 6.17. The second kappa shape index (κ2) is 8.62. The number of hydrogen-bond acceptors (Lipinski definition) is 6. The minimum Gasteiger partial charge on any atom is -0.493 e. The number of methoxy groups -OCH3 is 1. The molecule has 30 heavy (non-hydrogen) atoms. The highest BCUT2D eigenvalue weighted by molar-refractivity contribution is 7.71. The molecular formula is C22H24N4O3S. The number of H-pyrrole nitrogens is 1. The molecule has 1 heterocycles. The van der Waals surface area contributed by atoms with Gasteiger partial charge in [0, 0.05) is 12.5 Å². The Hall–Kier alpha value is -3.26. The van der Waals surface area contributed by atoms with Crippen LogP contribution in [0.15, 0.2) is 47.6 Å². The fraction of sp³-hybridized carbons (Fsp3) is 0.273. The van der Waals surface area contributed by atoms with Gasteiger partial charge in [-0.05, 0) is 47.0 Å². The number of rotatable bonds is 5. The Morgan fingerprint density at radius 1 is 1.17 bits per heavy atom. The molecule has 0 aliphatic carbocycles. The monoisotopic (exact) mass is 424 g/mol. The Labute approximate surface area is 180 Å². The summed E-state index contributed by atoms with van der Waals surface area (Å²) in [4.78, 5) is 11.2. The first-order valence-corrected chi connectivity index (χ1v) is 9.79. The van der Waals surface area contributed by atoms with Gasteiger partial charge in [0.25, 0.3) is 0 Å². The minimum atomic E-state index is -0.415. The van der Waals surface area contributed by atoms with Crippen molar-refractivity contribution >= 4 is 24.4 Å². The first-order valence-electron chi connectivity index (χ1n) is 9.38. The van der Waals surface area contributed by atoms with Crippen LogP contribution in [0, 0.1) is 4.77 Å². The molecule has 0 spiro atoms. The van der Waals surface area contributed by atoms with E-state index in [1.165, 1.54) is 19.6 Å². The maximum Gasteiger partial charge on any atom is 0.308 e. The number of benzene rings is 2. The highest BCUT2D eigenvalue weighted by Gasteiger charge is 2.15. The molecule has 0 bridgehead atoms. The van der Waals surface area contributed by atoms with E-state index in [2.05, 4.69) is 48.2 Å². The van der Waals surface area contributed by atoms with Gasteiger partial charge in [0.1, 0.15) is 0 Å². The Bertz CT molecular complexity index is 1140. The second-order valence-corrected chi connectivity index (χ2v) is 8.13. The normalized spacial score (nSPS) is 11.6. The molecule has 0 atom stereocenters. The molecule has 0 aliphatic heterocycles. The second-order valence-electron chi connectivity index (χ2n) is 7.74. The summed E-state index contributed by atoms with van der Waals surface area (Å²) in [5.74, 6) is 0.978. The first-order chi connectivity index (χ1) is 14.2. The van der Waals surface area contributed by atoms with Crippen molar-refractivity contribution in [1.82, 2.24) is 14.9 Å². The fourth-order valence-electron chi connectivity index (χ4n) is 2.83. The molecule has 1 aromatic heterocycles. The quantitative estimate of drug-likeness (QED) is 0.277. The zero-order valence-electron chi connectivity index (χ0n) is 17.6. The number of aromatic nitrogens is 3. The fourth-order valence-corrected chi connectivity index (χ4v) is 3.01. The van der Waals surface area contributed by atoms with Gasteiger partial charge in [0.2, 0.25) is 4.77 Å². The van der Waals surface area contributed by atoms with E-state index in [1.807, 2.05) is 12.1 Å². The van der Waals surface area contributed by atoms with Crippen molar-refractivity contribution in [2.75, 3.05) is 7.11 Å². The van der Waals surface area contributed by atoms with Crippen molar-refractivity contribution in [1.29, 1.82) is 0 Å². The van der Waals surface area contributed by atoms with Crippen LogP contribution < -0.4 is 9.47 Å². The number of nitrogens with zero attached hydrogens (tertiary/aromatic N) is 3. The van der Waals surface area contributed by atoms with Gasteiger partial charge in [-0.2, -0.15) is 14.9 Å². The summed E-state index contributed by atoms with van der Waals surface area (Å²) in [5, 5.41) is 11.6. The number of nitrogens with one attached hydrogen (secondary N) is 1. The van der Waals surface area contributed by atoms with Gasteiger partial charge < -0.3 is 9.47 Å². The van der Waals surface area contributed by atoms with E-state index < -0.39 is 5.97 Å². The molecule has 0 aliphatic rings. The van der Waals surface area contributed by atoms with Crippen molar-refractivity contribution in [3.8, 4) is 22.9 Å². The first kappa shape index (κ1) is 21.4. The van der Waals surface area contributed by atoms with E-state index in [1.54, 1.807) is 29.1 Å². The highest BCUT2D eigenvalue weighted by atomic mass is 32.1. The van der Waals surface area contributed by atoms with Crippen LogP contribution in [0.3, 0.4) is 0 Å². The topological polar surface area (TPSA) is 81.5 Å². The van der Waals surface area contributed by atoms with Gasteiger partial charge in [0.05, 0.1) is 13.3 Å². The summed E-state index contributed by atoms with van der Waals surface area (Å²) in [6.07, 6.45) is 1.64. The molecule has 3 rings (SSSR count). The van der Waals surface area contributed by atoms with E-state index in [0.717, 1.165) is 11.1 Å². The number of aromatic amines is 1. The summed E-state index contributed by atoms with van der Waals surface area (Å²) < 4.78 is 12.4. The third kappa shape index (κ3) is 4.83. The standard InChI is InChI=1S/C22H24N4O3S/c1-14(27)29-18-11-6-15(12-19(18)28-5)13-23-26-20(24-25-21(26)30)16-7-9-17(10-8-16)22(2,3)4/h6-13H,1-5H3,(H,25,30)/b23-13-. The van der Waals surface area contributed by atoms with Gasteiger partial charge in [-0.1, -0.05) is 45.0 Å². The lowest BCUT2D eigenvalue weighted by Crippen LogP contribution is -2.10. The molecule has 0 amide bonds. The Morgan fingerprint density at radius 3 is 2.47 bits per heavy atom. The maximum absolute atomic E-state index is 11.2. The SMILES string of the molecule is COc1cc(/C=N\n2c(-c3ccc(C(C)(C)C)cc3)n[nH]c2=S)ccc1OC(C)=O. The summed E-state index contributed by atoms with van der Waals surface area (Å²) in [7, 11) is 1.51. The van der Waals surface area contributed by atoms with Gasteiger partial charge in [-0.25, -0.2) is 5.10 Å². The van der Waals surface area contributed by atoms with Gasteiger partial charge in [-0.3, -0.25) is 4.79 Å². The van der Waals surface area contributed by atoms with Crippen LogP contribution in [0.25, 0.3) is 11.4 Å². The third-order valence-corrected chi connectivity index (χ3v) is 4.69. The van der Waals surface area contributed by atoms with Crippen LogP contribution in [0.4, 0.5) is 0 Å². The Morgan fingerprint density at radius 2 is 1.87 bits per heavy atom. The molecular weight excluding hydrogens is 400 g/mol. The zero-order valence-corrected chi connectivity index (χ0v) is 18.4. The van der Waals surface area contributed by atoms with Crippen molar-refractivity contribution in [2.24, 2.45) is 5.10 Å². The van der Waals surface area contributed by atoms with Crippen molar-refractivity contribution in [2.45, 2.75) is 33.1 Å². The van der Waals surface area contributed by atoms with Gasteiger partial charge >= 0.3 is 5.97 Å². The van der Waals surface area contributed by atoms with E-state index in [4.69, 9.17) is 21.7 Å². The van der Waals surface area contributed by atoms with Crippen LogP contribution in [0.1, 0.15) is 38.8 Å². The number of esters is 1. The molecule has 1 N–H and O–H groups in total. The van der Waals surface area contributed by atoms with Crippen LogP contribution in [0.2, 0.25) is 0 Å². The summed E-state index contributed by atoms with van der Waals surface area (Å²) >= 11 is 5.34. The van der Waals surface area contributed by atoms with Crippen LogP contribution in [-0.4, -0.2) is 34.2 Å². The van der Waals surface area contributed by atoms with Crippen LogP contribution in [0.5, 0.6) is 11.5 Å². The van der Waals surface area contributed by atoms with Crippen molar-refractivity contribution < 1.29 is 14.3 Å². The number of ether oxygens (including phenoxy) is 2. The molecule has 0 radical (unpaired) electrons. The van der Waals surface area contributed by atoms with Crippen molar-refractivity contribution in [3.05, 3.63) is 58.4 Å². The molecule has 0 fully saturated rings. The molecule has 3 aromatic rings. The Balaban J connectivity index is 1.91. The summed E-state index contributed by atoms with van der Waals surface area (Å²) in [6.45, 7) is 7.85. The lowest BCUT2D eigenvalue weighted by atomic mass is 9.87. The average Bonchev–Trinajstić information content (AvgIpc) is 3.06. The van der Waals surface area contributed by atoms with Crippen LogP contribution >= 0.6 is 12.2 Å². The molecule has 0 saturated heterocycles. The molecule has 156 valence electrons. The van der Waals surface area contributed by atoms with E-state index in [-0.39, 0.29) is 5.41 Å². The number of carbonyl (C=O) groups excluding carboxylic acids is 1. The third-order valence-electron chi connectivity index (χ3n) is 4.42. The summed E-state index contributed by atoms with van der Waals surface area (Å²) in [5.41, 5.74) is 2.95. The molecule has 0 unspecified atom stereocenters. The molecule has 0 saturated carbocycles. The molecule has 2 aromatic carbocycles. The van der Waals surface area contributed by atoms with Crippen molar-refractivity contribution in [3.63, 3.8) is 0 Å². The zero-order chi connectivity index (χ0) is 21.9. The van der Waals surface area contributed by atoms with Gasteiger partial charge in [0.15, 0.2) is 17.3 Å². The summed E-state index contributed by atoms with van der Waals surface area (Å²) in [6, 6.07) is 13.3. The minimum absolute atomic E-state index is 0.0682. The predicted octanol–water partition coefficient (Wildman–Crippen LogP) is 4.72. The predicted molar refractivity (Wildman–Crippen MR) is 119 cm³/mol. The number of carbonyl (C=O) groups is 1. The lowest BCUT2D eigenvalue weighted by Gasteiger charge is -2.18. The maximum atomic E-state index is 11.2. The van der Waals surface area contributed by atoms with Crippen LogP contribution in [-0.2, 0) is 10.2 Å². The number of hydrogen-bond donors (Lipinski definition) is 1. The van der Waals surface area contributed by atoms with Gasteiger partial charge in [-0.15, -0.1) is 0 Å². The lowest BCUT2D eigenvalue weighted by molar-refractivity contribution is -0.132. The largest absolute Gasteiger partial charge is 0.493 e. The highest BCUT2D eigenvalue weighted by Crippen LogP contribution is 2.28. The smallest absolute Gasteiger partial charge is 0.308 e. The van der Waals surface area contributed by atoms with E-state index >= 15 is 0 Å². The molecule has 7 nitrogen and oxygen atoms in total.